The fourth-order valence-corrected chi connectivity index (χ4v) is 2.20. The van der Waals surface area contributed by atoms with Crippen LogP contribution in [0.3, 0.4) is 0 Å². The van der Waals surface area contributed by atoms with Crippen molar-refractivity contribution in [1.29, 1.82) is 0 Å². The normalized spacial score (nSPS) is 15.9. The fourth-order valence-electron chi connectivity index (χ4n) is 2.20. The highest BCUT2D eigenvalue weighted by Gasteiger charge is 2.28. The second kappa shape index (κ2) is 9.83. The van der Waals surface area contributed by atoms with Crippen LogP contribution in [0, 0.1) is 0 Å². The number of aryl methyl sites for hydroxylation is 1. The van der Waals surface area contributed by atoms with Crippen LogP contribution >= 0.6 is 0 Å². The SMILES string of the molecule is CCCC[C@@H](O)[C@@H](O)[C@H](CO)n1cc(CCCCO)nn1. The van der Waals surface area contributed by atoms with Gasteiger partial charge in [0.1, 0.15) is 12.1 Å². The van der Waals surface area contributed by atoms with Gasteiger partial charge in [0.15, 0.2) is 0 Å². The van der Waals surface area contributed by atoms with Gasteiger partial charge in [-0.25, -0.2) is 4.68 Å². The molecular weight excluding hydrogens is 274 g/mol. The molecule has 0 aliphatic carbocycles. The molecule has 0 bridgehead atoms. The van der Waals surface area contributed by atoms with Gasteiger partial charge >= 0.3 is 0 Å². The van der Waals surface area contributed by atoms with Gasteiger partial charge in [0.25, 0.3) is 0 Å². The van der Waals surface area contributed by atoms with E-state index >= 15 is 0 Å². The van der Waals surface area contributed by atoms with E-state index in [0.29, 0.717) is 19.3 Å². The minimum atomic E-state index is -1.08. The lowest BCUT2D eigenvalue weighted by Gasteiger charge is -2.25. The van der Waals surface area contributed by atoms with Gasteiger partial charge in [-0.1, -0.05) is 25.0 Å². The fraction of sp³-hybridized carbons (Fsp3) is 0.857. The summed E-state index contributed by atoms with van der Waals surface area (Å²) in [6.45, 7) is 1.85. The average Bonchev–Trinajstić information content (AvgIpc) is 2.94. The van der Waals surface area contributed by atoms with Crippen molar-refractivity contribution < 1.29 is 20.4 Å². The molecule has 1 rings (SSSR count). The third kappa shape index (κ3) is 5.70. The van der Waals surface area contributed by atoms with E-state index in [0.717, 1.165) is 25.0 Å². The number of nitrogens with zero attached hydrogens (tertiary/aromatic N) is 3. The summed E-state index contributed by atoms with van der Waals surface area (Å²) in [5, 5.41) is 46.2. The number of hydrogen-bond donors (Lipinski definition) is 4. The number of hydrogen-bond acceptors (Lipinski definition) is 6. The summed E-state index contributed by atoms with van der Waals surface area (Å²) in [7, 11) is 0. The second-order valence-electron chi connectivity index (χ2n) is 5.32. The Morgan fingerprint density at radius 3 is 2.57 bits per heavy atom. The number of unbranched alkanes of at least 4 members (excludes halogenated alkanes) is 2. The van der Waals surface area contributed by atoms with E-state index in [9.17, 15) is 15.3 Å². The van der Waals surface area contributed by atoms with E-state index in [-0.39, 0.29) is 13.2 Å². The van der Waals surface area contributed by atoms with Gasteiger partial charge in [-0.05, 0) is 25.7 Å². The van der Waals surface area contributed by atoms with Gasteiger partial charge in [-0.2, -0.15) is 0 Å². The molecule has 0 radical (unpaired) electrons. The third-order valence-electron chi connectivity index (χ3n) is 3.57. The second-order valence-corrected chi connectivity index (χ2v) is 5.32. The summed E-state index contributed by atoms with van der Waals surface area (Å²) in [6.07, 6.45) is 4.16. The third-order valence-corrected chi connectivity index (χ3v) is 3.57. The molecule has 0 aliphatic heterocycles. The molecule has 0 fully saturated rings. The van der Waals surface area contributed by atoms with Crippen molar-refractivity contribution in [2.75, 3.05) is 13.2 Å². The van der Waals surface area contributed by atoms with Crippen molar-refractivity contribution in [1.82, 2.24) is 15.0 Å². The van der Waals surface area contributed by atoms with Crippen molar-refractivity contribution >= 4 is 0 Å². The highest BCUT2D eigenvalue weighted by atomic mass is 16.3. The van der Waals surface area contributed by atoms with Crippen LogP contribution in [0.2, 0.25) is 0 Å². The first kappa shape index (κ1) is 18.0. The molecule has 0 saturated heterocycles. The van der Waals surface area contributed by atoms with Crippen LogP contribution in [-0.2, 0) is 6.42 Å². The van der Waals surface area contributed by atoms with Gasteiger partial charge in [0.2, 0.25) is 0 Å². The van der Waals surface area contributed by atoms with Crippen molar-refractivity contribution in [2.45, 2.75) is 63.7 Å². The molecule has 0 unspecified atom stereocenters. The standard InChI is InChI=1S/C14H27N3O4/c1-2-3-7-13(20)14(21)12(10-19)17-9-11(15-16-17)6-4-5-8-18/h9,12-14,18-21H,2-8,10H2,1H3/t12-,13+,14-/m0/s1. The van der Waals surface area contributed by atoms with Gasteiger partial charge in [0.05, 0.1) is 18.4 Å². The maximum atomic E-state index is 10.1. The van der Waals surface area contributed by atoms with Gasteiger partial charge in [0, 0.05) is 12.8 Å². The van der Waals surface area contributed by atoms with E-state index < -0.39 is 18.2 Å². The molecule has 4 N–H and O–H groups in total. The molecule has 1 aromatic rings. The Morgan fingerprint density at radius 2 is 1.95 bits per heavy atom. The van der Waals surface area contributed by atoms with Gasteiger partial charge in [-0.3, -0.25) is 0 Å². The Balaban J connectivity index is 2.62. The van der Waals surface area contributed by atoms with Crippen molar-refractivity contribution in [3.05, 3.63) is 11.9 Å². The van der Waals surface area contributed by atoms with Crippen LogP contribution in [0.25, 0.3) is 0 Å². The molecule has 7 heteroatoms. The molecule has 1 heterocycles. The molecule has 3 atom stereocenters. The minimum absolute atomic E-state index is 0.149. The number of rotatable bonds is 11. The molecular formula is C14H27N3O4. The lowest BCUT2D eigenvalue weighted by atomic mass is 10.0. The van der Waals surface area contributed by atoms with Gasteiger partial charge < -0.3 is 20.4 Å². The van der Waals surface area contributed by atoms with E-state index in [4.69, 9.17) is 5.11 Å². The lowest BCUT2D eigenvalue weighted by Crippen LogP contribution is -2.37. The van der Waals surface area contributed by atoms with Crippen LogP contribution in [0.4, 0.5) is 0 Å². The Kier molecular flexibility index (Phi) is 8.44. The monoisotopic (exact) mass is 301 g/mol. The first-order chi connectivity index (χ1) is 10.1. The molecule has 0 spiro atoms. The van der Waals surface area contributed by atoms with Crippen molar-refractivity contribution in [3.8, 4) is 0 Å². The quantitative estimate of drug-likeness (QED) is 0.429. The van der Waals surface area contributed by atoms with E-state index in [2.05, 4.69) is 10.3 Å². The molecule has 0 aromatic carbocycles. The summed E-state index contributed by atoms with van der Waals surface area (Å²) >= 11 is 0. The average molecular weight is 301 g/mol. The summed E-state index contributed by atoms with van der Waals surface area (Å²) in [5.74, 6) is 0. The maximum Gasteiger partial charge on any atom is 0.105 e. The smallest absolute Gasteiger partial charge is 0.105 e. The number of aliphatic hydroxyl groups excluding tert-OH is 4. The molecule has 1 aromatic heterocycles. The highest BCUT2D eigenvalue weighted by molar-refractivity contribution is 4.95. The summed E-state index contributed by atoms with van der Waals surface area (Å²) in [5.41, 5.74) is 0.747. The topological polar surface area (TPSA) is 112 Å². The first-order valence-electron chi connectivity index (χ1n) is 7.62. The van der Waals surface area contributed by atoms with Crippen LogP contribution in [0.1, 0.15) is 50.8 Å². The van der Waals surface area contributed by atoms with Crippen molar-refractivity contribution in [2.24, 2.45) is 0 Å². The summed E-state index contributed by atoms with van der Waals surface area (Å²) < 4.78 is 1.41. The zero-order valence-corrected chi connectivity index (χ0v) is 12.6. The Morgan fingerprint density at radius 1 is 1.19 bits per heavy atom. The van der Waals surface area contributed by atoms with Crippen LogP contribution in [0.5, 0.6) is 0 Å². The van der Waals surface area contributed by atoms with E-state index in [1.165, 1.54) is 4.68 Å². The lowest BCUT2D eigenvalue weighted by molar-refractivity contribution is -0.0349. The number of aromatic nitrogens is 3. The van der Waals surface area contributed by atoms with Gasteiger partial charge in [-0.15, -0.1) is 5.10 Å². The predicted molar refractivity (Wildman–Crippen MR) is 77.7 cm³/mol. The molecule has 0 aliphatic rings. The van der Waals surface area contributed by atoms with E-state index in [1.54, 1.807) is 6.20 Å². The molecule has 122 valence electrons. The Labute approximate surface area is 125 Å². The first-order valence-corrected chi connectivity index (χ1v) is 7.62. The van der Waals surface area contributed by atoms with E-state index in [1.807, 2.05) is 6.92 Å². The maximum absolute atomic E-state index is 10.1. The van der Waals surface area contributed by atoms with Crippen molar-refractivity contribution in [3.63, 3.8) is 0 Å². The predicted octanol–water partition coefficient (Wildman–Crippen LogP) is 0.0385. The summed E-state index contributed by atoms with van der Waals surface area (Å²) in [4.78, 5) is 0. The molecule has 0 amide bonds. The molecule has 0 saturated carbocycles. The Bertz CT molecular complexity index is 386. The number of aliphatic hydroxyl groups is 4. The van der Waals surface area contributed by atoms with Crippen LogP contribution < -0.4 is 0 Å². The van der Waals surface area contributed by atoms with Crippen LogP contribution in [-0.4, -0.2) is 60.8 Å². The highest BCUT2D eigenvalue weighted by Crippen LogP contribution is 2.17. The Hall–Kier alpha value is -1.02. The molecule has 7 nitrogen and oxygen atoms in total. The van der Waals surface area contributed by atoms with Crippen LogP contribution in [0.15, 0.2) is 6.20 Å². The zero-order chi connectivity index (χ0) is 15.7. The largest absolute Gasteiger partial charge is 0.396 e. The summed E-state index contributed by atoms with van der Waals surface area (Å²) in [6, 6.07) is -0.698. The zero-order valence-electron chi connectivity index (χ0n) is 12.6. The molecule has 21 heavy (non-hydrogen) atoms. The minimum Gasteiger partial charge on any atom is -0.396 e.